The summed E-state index contributed by atoms with van der Waals surface area (Å²) in [6, 6.07) is 5.61. The number of aromatic nitrogens is 1. The molecule has 1 aliphatic rings. The highest BCUT2D eigenvalue weighted by Crippen LogP contribution is 2.38. The molecule has 5 nitrogen and oxygen atoms in total. The largest absolute Gasteiger partial charge is 0.433 e. The summed E-state index contributed by atoms with van der Waals surface area (Å²) in [5.74, 6) is -2.24. The number of hydrogen-bond acceptors (Lipinski definition) is 4. The molecular weight excluding hydrogens is 433 g/mol. The van der Waals surface area contributed by atoms with Crippen molar-refractivity contribution in [3.05, 3.63) is 53.0 Å². The first-order chi connectivity index (χ1) is 14.4. The lowest BCUT2D eigenvalue weighted by Crippen LogP contribution is -2.37. The van der Waals surface area contributed by atoms with Gasteiger partial charge in [-0.3, -0.25) is 4.79 Å². The fraction of sp³-hybridized carbons (Fsp3) is 0.316. The zero-order valence-electron chi connectivity index (χ0n) is 15.5. The first-order valence-corrected chi connectivity index (χ1v) is 8.83. The Bertz CT molecular complexity index is 1020. The SMILES string of the molecule is N#Cc1c(C(F)(F)F)cc(C(F)(F)F)nc1NCC(=O)N(c1ccc(F)cc1)C1CC1. The van der Waals surface area contributed by atoms with E-state index in [0.29, 0.717) is 18.5 Å². The van der Waals surface area contributed by atoms with Crippen LogP contribution in [0.5, 0.6) is 0 Å². The van der Waals surface area contributed by atoms with Crippen LogP contribution in [0.4, 0.5) is 42.2 Å². The van der Waals surface area contributed by atoms with Gasteiger partial charge in [0.1, 0.15) is 29.0 Å². The van der Waals surface area contributed by atoms with E-state index >= 15 is 0 Å². The Kier molecular flexibility index (Phi) is 5.80. The molecule has 0 saturated heterocycles. The Morgan fingerprint density at radius 2 is 1.74 bits per heavy atom. The maximum atomic E-state index is 13.2. The summed E-state index contributed by atoms with van der Waals surface area (Å²) in [4.78, 5) is 17.0. The molecule has 0 atom stereocenters. The summed E-state index contributed by atoms with van der Waals surface area (Å²) in [5.41, 5.74) is -4.51. The number of nitrogens with one attached hydrogen (secondary N) is 1. The van der Waals surface area contributed by atoms with E-state index in [2.05, 4.69) is 10.3 Å². The van der Waals surface area contributed by atoms with Gasteiger partial charge >= 0.3 is 12.4 Å². The first kappa shape index (κ1) is 22.3. The van der Waals surface area contributed by atoms with Crippen molar-refractivity contribution in [3.63, 3.8) is 0 Å². The zero-order chi connectivity index (χ0) is 23.0. The van der Waals surface area contributed by atoms with Gasteiger partial charge in [0, 0.05) is 11.7 Å². The van der Waals surface area contributed by atoms with E-state index in [0.717, 1.165) is 12.1 Å². The Hall–Kier alpha value is -3.36. The summed E-state index contributed by atoms with van der Waals surface area (Å²) in [6.45, 7) is -0.728. The highest BCUT2D eigenvalue weighted by molar-refractivity contribution is 5.97. The number of carbonyl (C=O) groups excluding carboxylic acids is 1. The van der Waals surface area contributed by atoms with Crippen LogP contribution in [0.1, 0.15) is 29.7 Å². The first-order valence-electron chi connectivity index (χ1n) is 8.83. The third kappa shape index (κ3) is 5.04. The number of hydrogen-bond donors (Lipinski definition) is 1. The van der Waals surface area contributed by atoms with Crippen LogP contribution in [0, 0.1) is 17.1 Å². The maximum Gasteiger partial charge on any atom is 0.433 e. The smallest absolute Gasteiger partial charge is 0.360 e. The third-order valence-corrected chi connectivity index (χ3v) is 4.42. The molecule has 0 aliphatic heterocycles. The number of alkyl halides is 6. The van der Waals surface area contributed by atoms with Gasteiger partial charge in [0.2, 0.25) is 5.91 Å². The molecule has 2 aromatic rings. The predicted octanol–water partition coefficient (Wildman–Crippen LogP) is 4.74. The van der Waals surface area contributed by atoms with E-state index in [1.165, 1.54) is 23.1 Å². The molecule has 164 valence electrons. The molecule has 0 unspecified atom stereocenters. The van der Waals surface area contributed by atoms with E-state index in [-0.39, 0.29) is 12.1 Å². The normalized spacial score (nSPS) is 14.1. The van der Waals surface area contributed by atoms with Gasteiger partial charge in [0.25, 0.3) is 0 Å². The van der Waals surface area contributed by atoms with Crippen LogP contribution in [0.2, 0.25) is 0 Å². The van der Waals surface area contributed by atoms with Gasteiger partial charge in [0.15, 0.2) is 0 Å². The molecule has 1 saturated carbocycles. The average molecular weight is 446 g/mol. The fourth-order valence-electron chi connectivity index (χ4n) is 2.89. The van der Waals surface area contributed by atoms with Crippen LogP contribution in [0.15, 0.2) is 30.3 Å². The second-order valence-corrected chi connectivity index (χ2v) is 6.71. The summed E-state index contributed by atoms with van der Waals surface area (Å²) < 4.78 is 91.8. The number of halogens is 7. The summed E-state index contributed by atoms with van der Waals surface area (Å²) in [6.07, 6.45) is -9.19. The molecule has 0 spiro atoms. The van der Waals surface area contributed by atoms with Crippen molar-refractivity contribution >= 4 is 17.4 Å². The number of benzene rings is 1. The molecular formula is C19H13F7N4O. The number of anilines is 2. The lowest BCUT2D eigenvalue weighted by atomic mass is 10.1. The number of amides is 1. The highest BCUT2D eigenvalue weighted by atomic mass is 19.4. The van der Waals surface area contributed by atoms with Crippen LogP contribution >= 0.6 is 0 Å². The van der Waals surface area contributed by atoms with E-state index in [1.807, 2.05) is 0 Å². The molecule has 3 rings (SSSR count). The van der Waals surface area contributed by atoms with Crippen LogP contribution in [-0.4, -0.2) is 23.5 Å². The molecule has 1 N–H and O–H groups in total. The summed E-state index contributed by atoms with van der Waals surface area (Å²) in [7, 11) is 0. The van der Waals surface area contributed by atoms with Crippen molar-refractivity contribution in [3.8, 4) is 6.07 Å². The van der Waals surface area contributed by atoms with E-state index in [1.54, 1.807) is 0 Å². The number of nitrogens with zero attached hydrogens (tertiary/aromatic N) is 3. The third-order valence-electron chi connectivity index (χ3n) is 4.42. The lowest BCUT2D eigenvalue weighted by Gasteiger charge is -2.23. The minimum atomic E-state index is -5.25. The van der Waals surface area contributed by atoms with Crippen LogP contribution in [0.25, 0.3) is 0 Å². The minimum absolute atomic E-state index is 0.226. The van der Waals surface area contributed by atoms with Crippen LogP contribution in [-0.2, 0) is 17.1 Å². The molecule has 1 heterocycles. The zero-order valence-corrected chi connectivity index (χ0v) is 15.5. The Morgan fingerprint density at radius 3 is 2.23 bits per heavy atom. The Labute approximate surface area is 171 Å². The standard InChI is InChI=1S/C19H13F7N4O/c20-10-1-3-11(4-2-10)30(12-5-6-12)16(31)9-28-17-13(8-27)14(18(21,22)23)7-15(29-17)19(24,25)26/h1-4,7,12H,5-6,9H2,(H,28,29). The lowest BCUT2D eigenvalue weighted by molar-refractivity contribution is -0.145. The number of carbonyl (C=O) groups is 1. The van der Waals surface area contributed by atoms with Crippen molar-refractivity contribution in [2.24, 2.45) is 0 Å². The van der Waals surface area contributed by atoms with Gasteiger partial charge in [-0.1, -0.05) is 0 Å². The number of rotatable bonds is 5. The number of pyridine rings is 1. The van der Waals surface area contributed by atoms with Gasteiger partial charge in [-0.05, 0) is 43.2 Å². The summed E-state index contributed by atoms with van der Waals surface area (Å²) >= 11 is 0. The van der Waals surface area contributed by atoms with Gasteiger partial charge < -0.3 is 10.2 Å². The molecule has 0 bridgehead atoms. The quantitative estimate of drug-likeness (QED) is 0.674. The van der Waals surface area contributed by atoms with Crippen LogP contribution in [0.3, 0.4) is 0 Å². The second-order valence-electron chi connectivity index (χ2n) is 6.71. The predicted molar refractivity (Wildman–Crippen MR) is 94.4 cm³/mol. The second kappa shape index (κ2) is 8.05. The summed E-state index contributed by atoms with van der Waals surface area (Å²) in [5, 5.41) is 11.2. The van der Waals surface area contributed by atoms with Gasteiger partial charge in [-0.15, -0.1) is 0 Å². The number of nitriles is 1. The molecule has 1 aliphatic carbocycles. The topological polar surface area (TPSA) is 69.0 Å². The molecule has 12 heteroatoms. The molecule has 31 heavy (non-hydrogen) atoms. The van der Waals surface area contributed by atoms with Gasteiger partial charge in [0.05, 0.1) is 12.1 Å². The fourth-order valence-corrected chi connectivity index (χ4v) is 2.89. The van der Waals surface area contributed by atoms with E-state index < -0.39 is 53.3 Å². The molecule has 1 amide bonds. The Morgan fingerprint density at radius 1 is 1.13 bits per heavy atom. The maximum absolute atomic E-state index is 13.2. The highest BCUT2D eigenvalue weighted by Gasteiger charge is 2.41. The molecule has 1 aromatic carbocycles. The van der Waals surface area contributed by atoms with Gasteiger partial charge in [-0.25, -0.2) is 9.37 Å². The van der Waals surface area contributed by atoms with Gasteiger partial charge in [-0.2, -0.15) is 31.6 Å². The average Bonchev–Trinajstić information content (AvgIpc) is 3.50. The Balaban J connectivity index is 1.91. The molecule has 0 radical (unpaired) electrons. The monoisotopic (exact) mass is 446 g/mol. The van der Waals surface area contributed by atoms with Crippen molar-refractivity contribution in [1.82, 2.24) is 4.98 Å². The van der Waals surface area contributed by atoms with Crippen molar-refractivity contribution in [2.75, 3.05) is 16.8 Å². The minimum Gasteiger partial charge on any atom is -0.360 e. The van der Waals surface area contributed by atoms with Crippen LogP contribution < -0.4 is 10.2 Å². The van der Waals surface area contributed by atoms with Crippen molar-refractivity contribution < 1.29 is 35.5 Å². The van der Waals surface area contributed by atoms with E-state index in [9.17, 15) is 35.5 Å². The van der Waals surface area contributed by atoms with Crippen molar-refractivity contribution in [1.29, 1.82) is 5.26 Å². The van der Waals surface area contributed by atoms with Crippen molar-refractivity contribution in [2.45, 2.75) is 31.2 Å². The molecule has 1 fully saturated rings. The molecule has 1 aromatic heterocycles. The van der Waals surface area contributed by atoms with E-state index in [4.69, 9.17) is 5.26 Å².